The summed E-state index contributed by atoms with van der Waals surface area (Å²) in [4.78, 5) is 17.0. The molecular formula is C27H31NO2S. The zero-order chi connectivity index (χ0) is 21.6. The maximum atomic E-state index is 13.6. The first-order valence-corrected chi connectivity index (χ1v) is 12.2. The first kappa shape index (κ1) is 21.6. The van der Waals surface area contributed by atoms with Crippen LogP contribution in [-0.4, -0.2) is 24.5 Å². The zero-order valence-electron chi connectivity index (χ0n) is 18.5. The molecular weight excluding hydrogens is 402 g/mol. The molecule has 3 aromatic rings. The Balaban J connectivity index is 1.55. The van der Waals surface area contributed by atoms with E-state index in [4.69, 9.17) is 4.74 Å². The van der Waals surface area contributed by atoms with E-state index in [1.54, 1.807) is 18.4 Å². The van der Waals surface area contributed by atoms with Crippen LogP contribution in [0.3, 0.4) is 0 Å². The van der Waals surface area contributed by atoms with Gasteiger partial charge in [0.2, 0.25) is 0 Å². The molecule has 0 saturated heterocycles. The molecule has 1 amide bonds. The van der Waals surface area contributed by atoms with Gasteiger partial charge >= 0.3 is 0 Å². The molecule has 0 saturated carbocycles. The largest absolute Gasteiger partial charge is 0.497 e. The minimum absolute atomic E-state index is 0.0536. The van der Waals surface area contributed by atoms with Gasteiger partial charge in [-0.1, -0.05) is 50.5 Å². The number of rotatable bonds is 8. The van der Waals surface area contributed by atoms with E-state index in [0.717, 1.165) is 36.3 Å². The number of methoxy groups -OCH3 is 1. The summed E-state index contributed by atoms with van der Waals surface area (Å²) < 4.78 is 5.33. The number of aryl methyl sites for hydroxylation is 1. The Labute approximate surface area is 189 Å². The highest BCUT2D eigenvalue weighted by Crippen LogP contribution is 2.39. The van der Waals surface area contributed by atoms with Gasteiger partial charge in [-0.3, -0.25) is 4.79 Å². The van der Waals surface area contributed by atoms with Crippen molar-refractivity contribution in [2.45, 2.75) is 51.5 Å². The number of carbonyl (C=O) groups excluding carboxylic acids is 1. The van der Waals surface area contributed by atoms with Crippen molar-refractivity contribution in [3.8, 4) is 5.75 Å². The topological polar surface area (TPSA) is 29.5 Å². The molecule has 0 radical (unpaired) electrons. The lowest BCUT2D eigenvalue weighted by Gasteiger charge is -2.36. The monoisotopic (exact) mass is 433 g/mol. The van der Waals surface area contributed by atoms with Crippen molar-refractivity contribution in [1.82, 2.24) is 4.90 Å². The van der Waals surface area contributed by atoms with Gasteiger partial charge in [-0.2, -0.15) is 0 Å². The maximum absolute atomic E-state index is 13.6. The van der Waals surface area contributed by atoms with Crippen molar-refractivity contribution in [2.24, 2.45) is 0 Å². The second-order valence-electron chi connectivity index (χ2n) is 8.23. The number of benzene rings is 2. The molecule has 1 aliphatic heterocycles. The second kappa shape index (κ2) is 10.1. The SMILES string of the molecule is CCCCCCc1ccc(C(=O)N2CCc3sccc3C2c2ccc(OC)cc2)cc1. The normalized spacial score (nSPS) is 15.5. The summed E-state index contributed by atoms with van der Waals surface area (Å²) in [5.74, 6) is 0.938. The van der Waals surface area contributed by atoms with Gasteiger partial charge in [0, 0.05) is 17.0 Å². The molecule has 1 unspecified atom stereocenters. The Kier molecular flexibility index (Phi) is 7.08. The third kappa shape index (κ3) is 4.85. The van der Waals surface area contributed by atoms with Gasteiger partial charge in [0.15, 0.2) is 0 Å². The fourth-order valence-electron chi connectivity index (χ4n) is 4.42. The van der Waals surface area contributed by atoms with E-state index in [1.807, 2.05) is 29.2 Å². The summed E-state index contributed by atoms with van der Waals surface area (Å²) in [6.45, 7) is 2.97. The number of fused-ring (bicyclic) bond motifs is 1. The quantitative estimate of drug-likeness (QED) is 0.371. The number of amides is 1. The first-order chi connectivity index (χ1) is 15.2. The summed E-state index contributed by atoms with van der Waals surface area (Å²) in [5, 5.41) is 2.14. The van der Waals surface area contributed by atoms with Crippen LogP contribution in [0.5, 0.6) is 5.75 Å². The van der Waals surface area contributed by atoms with Crippen molar-refractivity contribution in [1.29, 1.82) is 0 Å². The molecule has 3 nitrogen and oxygen atoms in total. The van der Waals surface area contributed by atoms with E-state index < -0.39 is 0 Å². The van der Waals surface area contributed by atoms with Crippen LogP contribution in [0.4, 0.5) is 0 Å². The lowest BCUT2D eigenvalue weighted by Crippen LogP contribution is -2.40. The average molecular weight is 434 g/mol. The standard InChI is InChI=1S/C27H31NO2S/c1-3-4-5-6-7-20-8-10-22(11-9-20)27(29)28-18-16-25-24(17-19-31-25)26(28)21-12-14-23(30-2)15-13-21/h8-15,17,19,26H,3-7,16,18H2,1-2H3. The number of thiophene rings is 1. The second-order valence-corrected chi connectivity index (χ2v) is 9.23. The molecule has 31 heavy (non-hydrogen) atoms. The van der Waals surface area contributed by atoms with E-state index in [-0.39, 0.29) is 11.9 Å². The van der Waals surface area contributed by atoms with E-state index in [0.29, 0.717) is 0 Å². The maximum Gasteiger partial charge on any atom is 0.254 e. The summed E-state index contributed by atoms with van der Waals surface area (Å²) >= 11 is 1.79. The van der Waals surface area contributed by atoms with Crippen LogP contribution in [0.1, 0.15) is 70.6 Å². The Morgan fingerprint density at radius 3 is 2.52 bits per heavy atom. The minimum Gasteiger partial charge on any atom is -0.497 e. The average Bonchev–Trinajstić information content (AvgIpc) is 3.30. The summed E-state index contributed by atoms with van der Waals surface area (Å²) in [6.07, 6.45) is 7.05. The number of hydrogen-bond acceptors (Lipinski definition) is 3. The van der Waals surface area contributed by atoms with Gasteiger partial charge in [0.1, 0.15) is 5.75 Å². The molecule has 0 bridgehead atoms. The summed E-state index contributed by atoms with van der Waals surface area (Å²) in [6, 6.07) is 18.5. The Bertz CT molecular complexity index is 991. The molecule has 1 atom stereocenters. The molecule has 1 aliphatic rings. The van der Waals surface area contributed by atoms with Crippen molar-refractivity contribution < 1.29 is 9.53 Å². The van der Waals surface area contributed by atoms with Gasteiger partial charge < -0.3 is 9.64 Å². The van der Waals surface area contributed by atoms with E-state index in [9.17, 15) is 4.79 Å². The molecule has 162 valence electrons. The fraction of sp³-hybridized carbons (Fsp3) is 0.370. The number of ether oxygens (including phenoxy) is 1. The molecule has 0 aliphatic carbocycles. The highest BCUT2D eigenvalue weighted by molar-refractivity contribution is 7.10. The predicted octanol–water partition coefficient (Wildman–Crippen LogP) is 6.67. The Hall–Kier alpha value is -2.59. The van der Waals surface area contributed by atoms with Crippen LogP contribution >= 0.6 is 11.3 Å². The van der Waals surface area contributed by atoms with E-state index in [1.165, 1.54) is 41.7 Å². The summed E-state index contributed by atoms with van der Waals surface area (Å²) in [5.41, 5.74) is 4.47. The molecule has 2 aromatic carbocycles. The van der Waals surface area contributed by atoms with Gasteiger partial charge in [-0.05, 0) is 71.7 Å². The smallest absolute Gasteiger partial charge is 0.254 e. The first-order valence-electron chi connectivity index (χ1n) is 11.3. The van der Waals surface area contributed by atoms with Crippen LogP contribution in [-0.2, 0) is 12.8 Å². The molecule has 0 spiro atoms. The molecule has 2 heterocycles. The zero-order valence-corrected chi connectivity index (χ0v) is 19.3. The Morgan fingerprint density at radius 2 is 1.81 bits per heavy atom. The van der Waals surface area contributed by atoms with Crippen LogP contribution in [0.2, 0.25) is 0 Å². The molecule has 0 fully saturated rings. The van der Waals surface area contributed by atoms with Gasteiger partial charge in [0.05, 0.1) is 13.2 Å². The number of nitrogens with zero attached hydrogens (tertiary/aromatic N) is 1. The van der Waals surface area contributed by atoms with Crippen molar-refractivity contribution in [2.75, 3.05) is 13.7 Å². The lowest BCUT2D eigenvalue weighted by atomic mass is 9.92. The molecule has 0 N–H and O–H groups in total. The van der Waals surface area contributed by atoms with E-state index >= 15 is 0 Å². The van der Waals surface area contributed by atoms with Crippen LogP contribution < -0.4 is 4.74 Å². The van der Waals surface area contributed by atoms with Gasteiger partial charge in [0.25, 0.3) is 5.91 Å². The van der Waals surface area contributed by atoms with Crippen LogP contribution in [0.15, 0.2) is 60.0 Å². The predicted molar refractivity (Wildman–Crippen MR) is 128 cm³/mol. The van der Waals surface area contributed by atoms with Gasteiger partial charge in [-0.15, -0.1) is 11.3 Å². The molecule has 1 aromatic heterocycles. The van der Waals surface area contributed by atoms with Crippen molar-refractivity contribution in [3.05, 3.63) is 87.1 Å². The third-order valence-corrected chi connectivity index (χ3v) is 7.17. The number of hydrogen-bond donors (Lipinski definition) is 0. The fourth-order valence-corrected chi connectivity index (χ4v) is 5.32. The molecule has 4 rings (SSSR count). The lowest BCUT2D eigenvalue weighted by molar-refractivity contribution is 0.0696. The van der Waals surface area contributed by atoms with Crippen molar-refractivity contribution >= 4 is 17.2 Å². The van der Waals surface area contributed by atoms with Crippen molar-refractivity contribution in [3.63, 3.8) is 0 Å². The number of carbonyl (C=O) groups is 1. The molecule has 4 heteroatoms. The number of unbranched alkanes of at least 4 members (excludes halogenated alkanes) is 3. The van der Waals surface area contributed by atoms with Gasteiger partial charge in [-0.25, -0.2) is 0 Å². The third-order valence-electron chi connectivity index (χ3n) is 6.18. The highest BCUT2D eigenvalue weighted by Gasteiger charge is 2.33. The van der Waals surface area contributed by atoms with Crippen LogP contribution in [0.25, 0.3) is 0 Å². The minimum atomic E-state index is -0.0536. The van der Waals surface area contributed by atoms with Crippen LogP contribution in [0, 0.1) is 0 Å². The Morgan fingerprint density at radius 1 is 1.03 bits per heavy atom. The highest BCUT2D eigenvalue weighted by atomic mass is 32.1. The van der Waals surface area contributed by atoms with E-state index in [2.05, 4.69) is 42.6 Å². The summed E-state index contributed by atoms with van der Waals surface area (Å²) in [7, 11) is 1.68.